The number of carboxylic acids is 1. The number of carboxylic acid groups (broad SMARTS) is 1. The molecule has 0 aromatic heterocycles. The molecular weight excluding hydrogens is 271 g/mol. The molecular formula is C12H15FN2O5. The van der Waals surface area contributed by atoms with Crippen LogP contribution in [0.3, 0.4) is 0 Å². The normalized spacial score (nSPS) is 10.8. The van der Waals surface area contributed by atoms with Crippen molar-refractivity contribution in [2.75, 3.05) is 26.8 Å². The Morgan fingerprint density at radius 3 is 2.75 bits per heavy atom. The van der Waals surface area contributed by atoms with E-state index in [-0.39, 0.29) is 13.1 Å². The van der Waals surface area contributed by atoms with E-state index in [1.54, 1.807) is 4.90 Å². The molecule has 0 saturated carbocycles. The van der Waals surface area contributed by atoms with E-state index in [0.717, 1.165) is 12.1 Å². The Morgan fingerprint density at radius 2 is 2.25 bits per heavy atom. The molecule has 0 atom stereocenters. The quantitative estimate of drug-likeness (QED) is 0.571. The predicted molar refractivity (Wildman–Crippen MR) is 67.8 cm³/mol. The third-order valence-electron chi connectivity index (χ3n) is 2.59. The topological polar surface area (TPSA) is 92.9 Å². The molecule has 0 aliphatic heterocycles. The fourth-order valence-corrected chi connectivity index (χ4v) is 1.68. The molecule has 0 bridgehead atoms. The summed E-state index contributed by atoms with van der Waals surface area (Å²) in [6.07, 6.45) is 0. The molecule has 1 aromatic rings. The van der Waals surface area contributed by atoms with Gasteiger partial charge >= 0.3 is 11.7 Å². The number of hydrogen-bond acceptors (Lipinski definition) is 5. The largest absolute Gasteiger partial charge is 0.480 e. The number of rotatable bonds is 8. The van der Waals surface area contributed by atoms with Crippen LogP contribution in [-0.2, 0) is 16.1 Å². The van der Waals surface area contributed by atoms with Crippen molar-refractivity contribution >= 4 is 11.7 Å². The average Bonchev–Trinajstić information content (AvgIpc) is 2.35. The molecule has 20 heavy (non-hydrogen) atoms. The van der Waals surface area contributed by atoms with Gasteiger partial charge in [-0.3, -0.25) is 19.8 Å². The van der Waals surface area contributed by atoms with Crippen LogP contribution in [0.2, 0.25) is 0 Å². The summed E-state index contributed by atoms with van der Waals surface area (Å²) in [6.45, 7) is 0.649. The van der Waals surface area contributed by atoms with Gasteiger partial charge in [0.25, 0.3) is 0 Å². The molecule has 110 valence electrons. The van der Waals surface area contributed by atoms with Gasteiger partial charge in [-0.1, -0.05) is 6.07 Å². The number of nitro groups is 1. The zero-order chi connectivity index (χ0) is 15.1. The number of halogens is 1. The van der Waals surface area contributed by atoms with E-state index in [4.69, 9.17) is 9.84 Å². The maximum absolute atomic E-state index is 13.5. The Labute approximate surface area is 114 Å². The zero-order valence-corrected chi connectivity index (χ0v) is 10.9. The van der Waals surface area contributed by atoms with Crippen molar-refractivity contribution in [3.63, 3.8) is 0 Å². The zero-order valence-electron chi connectivity index (χ0n) is 10.9. The Balaban J connectivity index is 2.79. The lowest BCUT2D eigenvalue weighted by molar-refractivity contribution is -0.387. The maximum atomic E-state index is 13.5. The summed E-state index contributed by atoms with van der Waals surface area (Å²) in [5.74, 6) is -1.95. The minimum Gasteiger partial charge on any atom is -0.480 e. The van der Waals surface area contributed by atoms with Gasteiger partial charge in [0.2, 0.25) is 5.82 Å². The summed E-state index contributed by atoms with van der Waals surface area (Å²) in [7, 11) is 1.49. The lowest BCUT2D eigenvalue weighted by Gasteiger charge is -2.19. The Hall–Kier alpha value is -2.06. The average molecular weight is 286 g/mol. The summed E-state index contributed by atoms with van der Waals surface area (Å²) in [4.78, 5) is 22.0. The predicted octanol–water partition coefficient (Wildman–Crippen LogP) is 1.27. The molecule has 0 unspecified atom stereocenters. The molecule has 0 spiro atoms. The van der Waals surface area contributed by atoms with Gasteiger partial charge in [0.15, 0.2) is 0 Å². The smallest absolute Gasteiger partial charge is 0.317 e. The summed E-state index contributed by atoms with van der Waals surface area (Å²) < 4.78 is 18.3. The van der Waals surface area contributed by atoms with Crippen LogP contribution in [0.4, 0.5) is 10.1 Å². The number of carbonyl (C=O) groups is 1. The first-order valence-electron chi connectivity index (χ1n) is 5.80. The molecule has 0 heterocycles. The highest BCUT2D eigenvalue weighted by atomic mass is 19.1. The van der Waals surface area contributed by atoms with Crippen LogP contribution in [-0.4, -0.2) is 47.7 Å². The van der Waals surface area contributed by atoms with Gasteiger partial charge in [-0.05, 0) is 11.6 Å². The number of hydrogen-bond donors (Lipinski definition) is 1. The molecule has 0 aliphatic rings. The summed E-state index contributed by atoms with van der Waals surface area (Å²) >= 11 is 0. The summed E-state index contributed by atoms with van der Waals surface area (Å²) in [5, 5.41) is 19.3. The fourth-order valence-electron chi connectivity index (χ4n) is 1.68. The lowest BCUT2D eigenvalue weighted by atomic mass is 10.2. The minimum atomic E-state index is -1.01. The molecule has 1 N–H and O–H groups in total. The van der Waals surface area contributed by atoms with Crippen molar-refractivity contribution in [1.82, 2.24) is 4.90 Å². The van der Waals surface area contributed by atoms with Crippen LogP contribution < -0.4 is 0 Å². The number of ether oxygens (including phenoxy) is 1. The number of methoxy groups -OCH3 is 1. The van der Waals surface area contributed by atoms with Gasteiger partial charge in [-0.15, -0.1) is 0 Å². The van der Waals surface area contributed by atoms with E-state index >= 15 is 0 Å². The molecule has 1 rings (SSSR count). The Morgan fingerprint density at radius 1 is 1.55 bits per heavy atom. The molecule has 0 aliphatic carbocycles. The molecule has 1 aromatic carbocycles. The monoisotopic (exact) mass is 286 g/mol. The van der Waals surface area contributed by atoms with Gasteiger partial charge in [-0.25, -0.2) is 0 Å². The van der Waals surface area contributed by atoms with Crippen molar-refractivity contribution in [3.8, 4) is 0 Å². The first-order chi connectivity index (χ1) is 9.43. The lowest BCUT2D eigenvalue weighted by Crippen LogP contribution is -2.32. The van der Waals surface area contributed by atoms with Crippen LogP contribution >= 0.6 is 0 Å². The summed E-state index contributed by atoms with van der Waals surface area (Å²) in [6, 6.07) is 3.52. The first kappa shape index (κ1) is 16.0. The highest BCUT2D eigenvalue weighted by molar-refractivity contribution is 5.69. The van der Waals surface area contributed by atoms with Crippen LogP contribution in [0, 0.1) is 15.9 Å². The number of nitro benzene ring substituents is 1. The second kappa shape index (κ2) is 7.51. The van der Waals surface area contributed by atoms with Crippen molar-refractivity contribution in [1.29, 1.82) is 0 Å². The van der Waals surface area contributed by atoms with E-state index in [0.29, 0.717) is 18.7 Å². The molecule has 8 heteroatoms. The minimum absolute atomic E-state index is 0.171. The second-order valence-electron chi connectivity index (χ2n) is 4.14. The van der Waals surface area contributed by atoms with Gasteiger partial charge in [-0.2, -0.15) is 4.39 Å². The van der Waals surface area contributed by atoms with Crippen LogP contribution in [0.15, 0.2) is 18.2 Å². The van der Waals surface area contributed by atoms with Crippen LogP contribution in [0.25, 0.3) is 0 Å². The van der Waals surface area contributed by atoms with Crippen LogP contribution in [0.5, 0.6) is 0 Å². The van der Waals surface area contributed by atoms with E-state index in [2.05, 4.69) is 0 Å². The van der Waals surface area contributed by atoms with Crippen molar-refractivity contribution in [3.05, 3.63) is 39.7 Å². The summed E-state index contributed by atoms with van der Waals surface area (Å²) in [5.41, 5.74) is -0.138. The third-order valence-corrected chi connectivity index (χ3v) is 2.59. The van der Waals surface area contributed by atoms with Crippen LogP contribution in [0.1, 0.15) is 5.56 Å². The molecule has 0 radical (unpaired) electrons. The molecule has 0 saturated heterocycles. The molecule has 0 amide bonds. The molecule has 0 fully saturated rings. The van der Waals surface area contributed by atoms with E-state index < -0.39 is 22.4 Å². The fraction of sp³-hybridized carbons (Fsp3) is 0.417. The number of aliphatic carboxylic acids is 1. The van der Waals surface area contributed by atoms with Gasteiger partial charge in [0, 0.05) is 26.3 Å². The SMILES string of the molecule is COCCN(CC(=O)O)Cc1ccc([N+](=O)[O-])c(F)c1. The van der Waals surface area contributed by atoms with Gasteiger partial charge in [0.1, 0.15) is 0 Å². The highest BCUT2D eigenvalue weighted by Gasteiger charge is 2.16. The maximum Gasteiger partial charge on any atom is 0.317 e. The van der Waals surface area contributed by atoms with E-state index in [1.807, 2.05) is 0 Å². The Kier molecular flexibility index (Phi) is 6.01. The second-order valence-corrected chi connectivity index (χ2v) is 4.14. The highest BCUT2D eigenvalue weighted by Crippen LogP contribution is 2.18. The number of nitrogens with zero attached hydrogens (tertiary/aromatic N) is 2. The third kappa shape index (κ3) is 4.90. The molecule has 7 nitrogen and oxygen atoms in total. The van der Waals surface area contributed by atoms with E-state index in [1.165, 1.54) is 13.2 Å². The van der Waals surface area contributed by atoms with Crippen molar-refractivity contribution in [2.45, 2.75) is 6.54 Å². The van der Waals surface area contributed by atoms with Gasteiger partial charge < -0.3 is 9.84 Å². The first-order valence-corrected chi connectivity index (χ1v) is 5.80. The van der Waals surface area contributed by atoms with Crippen molar-refractivity contribution < 1.29 is 24.0 Å². The van der Waals surface area contributed by atoms with E-state index in [9.17, 15) is 19.3 Å². The Bertz CT molecular complexity index is 495. The van der Waals surface area contributed by atoms with Gasteiger partial charge in [0.05, 0.1) is 18.1 Å². The number of benzene rings is 1. The van der Waals surface area contributed by atoms with Crippen molar-refractivity contribution in [2.24, 2.45) is 0 Å². The standard InChI is InChI=1S/C12H15FN2O5/c1-20-5-4-14(8-12(16)17)7-9-2-3-11(15(18)19)10(13)6-9/h2-3,6H,4-5,7-8H2,1H3,(H,16,17).